The molecule has 5 nitrogen and oxygen atoms in total. The average molecular weight is 322 g/mol. The summed E-state index contributed by atoms with van der Waals surface area (Å²) >= 11 is 0. The van der Waals surface area contributed by atoms with E-state index >= 15 is 0 Å². The normalized spacial score (nSPS) is 10.4. The lowest BCUT2D eigenvalue weighted by molar-refractivity contribution is 0.0950. The minimum absolute atomic E-state index is 0.224. The fourth-order valence-electron chi connectivity index (χ4n) is 2.52. The molecule has 1 heterocycles. The van der Waals surface area contributed by atoms with Gasteiger partial charge in [-0.1, -0.05) is 47.6 Å². The Morgan fingerprint density at radius 3 is 2.58 bits per heavy atom. The van der Waals surface area contributed by atoms with E-state index in [4.69, 9.17) is 9.26 Å². The fourth-order valence-corrected chi connectivity index (χ4v) is 2.52. The molecule has 0 aliphatic rings. The zero-order chi connectivity index (χ0) is 16.9. The molecule has 1 N–H and O–H groups in total. The summed E-state index contributed by atoms with van der Waals surface area (Å²) in [5.74, 6) is 0.819. The lowest BCUT2D eigenvalue weighted by Crippen LogP contribution is -2.23. The van der Waals surface area contributed by atoms with Crippen LogP contribution in [0.15, 0.2) is 59.1 Å². The van der Waals surface area contributed by atoms with Crippen LogP contribution in [0.2, 0.25) is 0 Å². The summed E-state index contributed by atoms with van der Waals surface area (Å²) in [6, 6.07) is 17.1. The molecule has 0 fully saturated rings. The van der Waals surface area contributed by atoms with E-state index in [-0.39, 0.29) is 5.91 Å². The van der Waals surface area contributed by atoms with Gasteiger partial charge in [0.05, 0.1) is 18.4 Å². The quantitative estimate of drug-likeness (QED) is 0.779. The van der Waals surface area contributed by atoms with Gasteiger partial charge in [0, 0.05) is 6.54 Å². The second-order valence-electron chi connectivity index (χ2n) is 5.34. The number of rotatable bonds is 5. The molecule has 0 spiro atoms. The Labute approximate surface area is 140 Å². The number of benzene rings is 2. The smallest absolute Gasteiger partial charge is 0.257 e. The van der Waals surface area contributed by atoms with Gasteiger partial charge in [-0.2, -0.15) is 0 Å². The number of amides is 1. The topological polar surface area (TPSA) is 64.4 Å². The molecule has 2 aromatic carbocycles. The van der Waals surface area contributed by atoms with Crippen LogP contribution in [0.25, 0.3) is 11.3 Å². The average Bonchev–Trinajstić information content (AvgIpc) is 3.02. The first-order chi connectivity index (χ1) is 11.7. The number of hydrogen-bond acceptors (Lipinski definition) is 4. The summed E-state index contributed by atoms with van der Waals surface area (Å²) in [6.45, 7) is 2.19. The van der Waals surface area contributed by atoms with Crippen LogP contribution in [0.4, 0.5) is 0 Å². The van der Waals surface area contributed by atoms with E-state index in [0.29, 0.717) is 34.9 Å². The van der Waals surface area contributed by atoms with Crippen molar-refractivity contribution in [1.29, 1.82) is 0 Å². The summed E-state index contributed by atoms with van der Waals surface area (Å²) < 4.78 is 10.8. The van der Waals surface area contributed by atoms with Crippen molar-refractivity contribution < 1.29 is 14.1 Å². The summed E-state index contributed by atoms with van der Waals surface area (Å²) in [6.07, 6.45) is 0. The minimum atomic E-state index is -0.224. The predicted molar refractivity (Wildman–Crippen MR) is 90.8 cm³/mol. The number of carbonyl (C=O) groups excluding carboxylic acids is 1. The molecule has 0 saturated carbocycles. The SMILES string of the molecule is COc1ccccc1-c1onc(C)c1C(=O)NCc1ccccc1. The van der Waals surface area contributed by atoms with Gasteiger partial charge in [-0.25, -0.2) is 0 Å². The van der Waals surface area contributed by atoms with Crippen molar-refractivity contribution in [2.24, 2.45) is 0 Å². The van der Waals surface area contributed by atoms with Gasteiger partial charge < -0.3 is 14.6 Å². The highest BCUT2D eigenvalue weighted by atomic mass is 16.5. The third kappa shape index (κ3) is 3.15. The van der Waals surface area contributed by atoms with Crippen molar-refractivity contribution in [1.82, 2.24) is 10.5 Å². The van der Waals surface area contributed by atoms with Gasteiger partial charge in [-0.3, -0.25) is 4.79 Å². The lowest BCUT2D eigenvalue weighted by Gasteiger charge is -2.08. The van der Waals surface area contributed by atoms with Gasteiger partial charge in [-0.15, -0.1) is 0 Å². The second-order valence-corrected chi connectivity index (χ2v) is 5.34. The van der Waals surface area contributed by atoms with Crippen LogP contribution in [0.5, 0.6) is 5.75 Å². The molecule has 122 valence electrons. The Kier molecular flexibility index (Phi) is 4.61. The lowest BCUT2D eigenvalue weighted by atomic mass is 10.1. The van der Waals surface area contributed by atoms with E-state index in [0.717, 1.165) is 5.56 Å². The van der Waals surface area contributed by atoms with E-state index < -0.39 is 0 Å². The second kappa shape index (κ2) is 7.00. The van der Waals surface area contributed by atoms with Crippen LogP contribution < -0.4 is 10.1 Å². The number of ether oxygens (including phenoxy) is 1. The molecule has 0 unspecified atom stereocenters. The van der Waals surface area contributed by atoms with Crippen LogP contribution in [0.3, 0.4) is 0 Å². The third-order valence-corrected chi connectivity index (χ3v) is 3.74. The number of nitrogens with one attached hydrogen (secondary N) is 1. The van der Waals surface area contributed by atoms with Crippen molar-refractivity contribution in [3.63, 3.8) is 0 Å². The van der Waals surface area contributed by atoms with E-state index in [2.05, 4.69) is 10.5 Å². The maximum absolute atomic E-state index is 12.6. The number of hydrogen-bond donors (Lipinski definition) is 1. The maximum atomic E-state index is 12.6. The molecule has 0 saturated heterocycles. The maximum Gasteiger partial charge on any atom is 0.257 e. The van der Waals surface area contributed by atoms with Gasteiger partial charge in [0.1, 0.15) is 11.3 Å². The molecule has 5 heteroatoms. The zero-order valence-electron chi connectivity index (χ0n) is 13.6. The molecule has 1 amide bonds. The van der Waals surface area contributed by atoms with Crippen molar-refractivity contribution in [3.8, 4) is 17.1 Å². The number of para-hydroxylation sites is 1. The van der Waals surface area contributed by atoms with Gasteiger partial charge >= 0.3 is 0 Å². The van der Waals surface area contributed by atoms with E-state index in [1.807, 2.05) is 54.6 Å². The van der Waals surface area contributed by atoms with Crippen LogP contribution in [-0.4, -0.2) is 18.2 Å². The molecule has 0 aliphatic heterocycles. The Morgan fingerprint density at radius 2 is 1.83 bits per heavy atom. The van der Waals surface area contributed by atoms with Crippen LogP contribution in [0, 0.1) is 6.92 Å². The Hall–Kier alpha value is -3.08. The number of aromatic nitrogens is 1. The van der Waals surface area contributed by atoms with Crippen molar-refractivity contribution in [2.75, 3.05) is 7.11 Å². The molecule has 3 rings (SSSR count). The zero-order valence-corrected chi connectivity index (χ0v) is 13.6. The van der Waals surface area contributed by atoms with Crippen LogP contribution in [0.1, 0.15) is 21.6 Å². The third-order valence-electron chi connectivity index (χ3n) is 3.74. The first kappa shape index (κ1) is 15.8. The fraction of sp³-hybridized carbons (Fsp3) is 0.158. The number of aryl methyl sites for hydroxylation is 1. The van der Waals surface area contributed by atoms with E-state index in [9.17, 15) is 4.79 Å². The molecule has 0 bridgehead atoms. The van der Waals surface area contributed by atoms with Gasteiger partial charge in [0.25, 0.3) is 5.91 Å². The van der Waals surface area contributed by atoms with Crippen LogP contribution >= 0.6 is 0 Å². The summed E-state index contributed by atoms with van der Waals surface area (Å²) in [5.41, 5.74) is 2.70. The largest absolute Gasteiger partial charge is 0.496 e. The first-order valence-corrected chi connectivity index (χ1v) is 7.62. The number of methoxy groups -OCH3 is 1. The molecule has 0 aliphatic carbocycles. The molecule has 1 aromatic heterocycles. The Morgan fingerprint density at radius 1 is 1.12 bits per heavy atom. The molecule has 3 aromatic rings. The standard InChI is InChI=1S/C19H18N2O3/c1-13-17(19(22)20-12-14-8-4-3-5-9-14)18(24-21-13)15-10-6-7-11-16(15)23-2/h3-11H,12H2,1-2H3,(H,20,22). The monoisotopic (exact) mass is 322 g/mol. The van der Waals surface area contributed by atoms with Gasteiger partial charge in [-0.05, 0) is 24.6 Å². The highest BCUT2D eigenvalue weighted by Crippen LogP contribution is 2.33. The van der Waals surface area contributed by atoms with Gasteiger partial charge in [0.2, 0.25) is 0 Å². The van der Waals surface area contributed by atoms with E-state index in [1.54, 1.807) is 14.0 Å². The number of carbonyl (C=O) groups is 1. The van der Waals surface area contributed by atoms with E-state index in [1.165, 1.54) is 0 Å². The molecule has 0 radical (unpaired) electrons. The van der Waals surface area contributed by atoms with Crippen molar-refractivity contribution >= 4 is 5.91 Å². The highest BCUT2D eigenvalue weighted by molar-refractivity contribution is 6.01. The summed E-state index contributed by atoms with van der Waals surface area (Å²) in [5, 5.41) is 6.86. The summed E-state index contributed by atoms with van der Waals surface area (Å²) in [4.78, 5) is 12.6. The van der Waals surface area contributed by atoms with Gasteiger partial charge in [0.15, 0.2) is 5.76 Å². The molecular weight excluding hydrogens is 304 g/mol. The van der Waals surface area contributed by atoms with Crippen molar-refractivity contribution in [2.45, 2.75) is 13.5 Å². The Balaban J connectivity index is 1.88. The Bertz CT molecular complexity index is 841. The number of nitrogens with zero attached hydrogens (tertiary/aromatic N) is 1. The molecular formula is C19H18N2O3. The first-order valence-electron chi connectivity index (χ1n) is 7.62. The highest BCUT2D eigenvalue weighted by Gasteiger charge is 2.23. The summed E-state index contributed by atoms with van der Waals surface area (Å²) in [7, 11) is 1.58. The molecule has 24 heavy (non-hydrogen) atoms. The van der Waals surface area contributed by atoms with Crippen molar-refractivity contribution in [3.05, 3.63) is 71.4 Å². The van der Waals surface area contributed by atoms with Crippen LogP contribution in [-0.2, 0) is 6.54 Å². The molecule has 0 atom stereocenters. The predicted octanol–water partition coefficient (Wildman–Crippen LogP) is 3.59. The minimum Gasteiger partial charge on any atom is -0.496 e.